The summed E-state index contributed by atoms with van der Waals surface area (Å²) < 4.78 is 3.97. The van der Waals surface area contributed by atoms with Gasteiger partial charge in [0.25, 0.3) is 0 Å². The number of unbranched alkanes of at least 4 members (excludes halogenated alkanes) is 2. The molecule has 0 aliphatic heterocycles. The van der Waals surface area contributed by atoms with Crippen LogP contribution < -0.4 is 0 Å². The molecule has 1 radical (unpaired) electrons. The Morgan fingerprint density at radius 1 is 0.846 bits per heavy atom. The summed E-state index contributed by atoms with van der Waals surface area (Å²) in [4.78, 5) is 0. The molecule has 0 atom stereocenters. The van der Waals surface area contributed by atoms with Crippen LogP contribution >= 0.6 is 0 Å². The van der Waals surface area contributed by atoms with E-state index in [-0.39, 0.29) is 0 Å². The predicted molar refractivity (Wildman–Crippen MR) is 64.9 cm³/mol. The molecule has 0 aromatic rings. The van der Waals surface area contributed by atoms with E-state index in [1.807, 2.05) is 0 Å². The third-order valence-corrected chi connectivity index (χ3v) is 14.2. The van der Waals surface area contributed by atoms with Gasteiger partial charge in [0.2, 0.25) is 0 Å². The van der Waals surface area contributed by atoms with Crippen molar-refractivity contribution < 1.29 is 0 Å². The number of hydrogen-bond acceptors (Lipinski definition) is 0. The third-order valence-electron chi connectivity index (χ3n) is 2.72. The van der Waals surface area contributed by atoms with E-state index < -0.39 is 19.8 Å². The first-order valence-corrected chi connectivity index (χ1v) is 11.3. The van der Waals surface area contributed by atoms with Gasteiger partial charge in [-0.05, 0) is 0 Å². The van der Waals surface area contributed by atoms with E-state index in [0.29, 0.717) is 3.43 Å². The molecule has 0 saturated heterocycles. The minimum atomic E-state index is -1.04. The molecule has 0 spiro atoms. The zero-order valence-corrected chi connectivity index (χ0v) is 13.1. The molecule has 0 N–H and O–H groups in total. The fraction of sp³-hybridized carbons (Fsp3) is 1.00. The first-order chi connectivity index (χ1) is 6.02. The Morgan fingerprint density at radius 3 is 1.46 bits per heavy atom. The molecule has 0 heterocycles. The summed E-state index contributed by atoms with van der Waals surface area (Å²) in [6.45, 7) is 12.1. The molecular formula is C12H27Sn. The monoisotopic (exact) mass is 291 g/mol. The van der Waals surface area contributed by atoms with Gasteiger partial charge in [-0.15, -0.1) is 0 Å². The second kappa shape index (κ2) is 7.14. The van der Waals surface area contributed by atoms with Crippen LogP contribution in [0, 0.1) is 0 Å². The SMILES string of the molecule is CCC[CH2][Sn]([CH2]CCC)[C](C)(C)C. The van der Waals surface area contributed by atoms with Gasteiger partial charge >= 0.3 is 92.4 Å². The van der Waals surface area contributed by atoms with E-state index in [0.717, 1.165) is 0 Å². The van der Waals surface area contributed by atoms with Crippen LogP contribution in [0.15, 0.2) is 0 Å². The molecule has 13 heavy (non-hydrogen) atoms. The van der Waals surface area contributed by atoms with Crippen LogP contribution in [0.3, 0.4) is 0 Å². The fourth-order valence-electron chi connectivity index (χ4n) is 1.66. The molecule has 0 nitrogen and oxygen atoms in total. The molecule has 0 aromatic heterocycles. The minimum absolute atomic E-state index is 0.715. The van der Waals surface area contributed by atoms with Crippen LogP contribution in [0.25, 0.3) is 0 Å². The van der Waals surface area contributed by atoms with Gasteiger partial charge in [0.1, 0.15) is 0 Å². The Morgan fingerprint density at radius 2 is 1.23 bits per heavy atom. The fourth-order valence-corrected chi connectivity index (χ4v) is 11.1. The van der Waals surface area contributed by atoms with Crippen molar-refractivity contribution >= 4 is 19.8 Å². The van der Waals surface area contributed by atoms with E-state index in [1.54, 1.807) is 8.87 Å². The van der Waals surface area contributed by atoms with E-state index in [4.69, 9.17) is 0 Å². The van der Waals surface area contributed by atoms with Crippen molar-refractivity contribution in [1.82, 2.24) is 0 Å². The Hall–Kier alpha value is 0.799. The Balaban J connectivity index is 3.88. The Labute approximate surface area is 92.2 Å². The quantitative estimate of drug-likeness (QED) is 0.611. The molecule has 0 saturated carbocycles. The van der Waals surface area contributed by atoms with Crippen molar-refractivity contribution in [2.75, 3.05) is 0 Å². The van der Waals surface area contributed by atoms with Gasteiger partial charge in [0.05, 0.1) is 0 Å². The van der Waals surface area contributed by atoms with Crippen molar-refractivity contribution in [1.29, 1.82) is 0 Å². The van der Waals surface area contributed by atoms with Crippen LogP contribution in [-0.2, 0) is 0 Å². The van der Waals surface area contributed by atoms with Gasteiger partial charge in [0.15, 0.2) is 0 Å². The van der Waals surface area contributed by atoms with Crippen molar-refractivity contribution in [3.05, 3.63) is 0 Å². The average Bonchev–Trinajstić information content (AvgIpc) is 2.02. The van der Waals surface area contributed by atoms with Gasteiger partial charge in [-0.3, -0.25) is 0 Å². The summed E-state index contributed by atoms with van der Waals surface area (Å²) in [6.07, 6.45) is 5.78. The second-order valence-electron chi connectivity index (χ2n) is 5.06. The van der Waals surface area contributed by atoms with Gasteiger partial charge in [0, 0.05) is 0 Å². The van der Waals surface area contributed by atoms with Crippen molar-refractivity contribution in [3.63, 3.8) is 0 Å². The average molecular weight is 290 g/mol. The van der Waals surface area contributed by atoms with E-state index in [1.165, 1.54) is 25.7 Å². The predicted octanol–water partition coefficient (Wildman–Crippen LogP) is 4.88. The van der Waals surface area contributed by atoms with Crippen LogP contribution in [0.5, 0.6) is 0 Å². The molecule has 0 bridgehead atoms. The summed E-state index contributed by atoms with van der Waals surface area (Å²) in [6, 6.07) is 0. The molecule has 0 amide bonds. The molecule has 0 unspecified atom stereocenters. The first-order valence-electron chi connectivity index (χ1n) is 5.87. The van der Waals surface area contributed by atoms with Crippen molar-refractivity contribution in [3.8, 4) is 0 Å². The number of hydrogen-bond donors (Lipinski definition) is 0. The van der Waals surface area contributed by atoms with Crippen LogP contribution in [0.2, 0.25) is 12.3 Å². The summed E-state index contributed by atoms with van der Waals surface area (Å²) in [5.74, 6) is 0. The van der Waals surface area contributed by atoms with Gasteiger partial charge in [-0.1, -0.05) is 0 Å². The molecule has 0 aliphatic carbocycles. The van der Waals surface area contributed by atoms with E-state index in [9.17, 15) is 0 Å². The standard InChI is InChI=1S/3C4H9.Sn/c1-4(2)3;2*1-3-4-2;/h1-3H3;2*1,3-4H2,2H3;. The molecule has 0 aromatic carbocycles. The molecule has 79 valence electrons. The molecular weight excluding hydrogens is 263 g/mol. The molecule has 0 rings (SSSR count). The first kappa shape index (κ1) is 13.8. The second-order valence-corrected chi connectivity index (χ2v) is 15.6. The van der Waals surface area contributed by atoms with Crippen LogP contribution in [-0.4, -0.2) is 19.8 Å². The van der Waals surface area contributed by atoms with Gasteiger partial charge < -0.3 is 0 Å². The van der Waals surface area contributed by atoms with Crippen molar-refractivity contribution in [2.45, 2.75) is 72.6 Å². The Bertz CT molecular complexity index is 105. The molecule has 1 heteroatoms. The maximum absolute atomic E-state index is 2.48. The van der Waals surface area contributed by atoms with Crippen LogP contribution in [0.1, 0.15) is 60.3 Å². The number of rotatable bonds is 6. The normalized spacial score (nSPS) is 12.5. The topological polar surface area (TPSA) is 0 Å². The maximum atomic E-state index is 2.48. The zero-order valence-electron chi connectivity index (χ0n) is 10.2. The van der Waals surface area contributed by atoms with Crippen LogP contribution in [0.4, 0.5) is 0 Å². The summed E-state index contributed by atoms with van der Waals surface area (Å²) in [7, 11) is 0. The zero-order chi connectivity index (χ0) is 10.3. The van der Waals surface area contributed by atoms with Gasteiger partial charge in [-0.25, -0.2) is 0 Å². The van der Waals surface area contributed by atoms with E-state index >= 15 is 0 Å². The Kier molecular flexibility index (Phi) is 7.58. The summed E-state index contributed by atoms with van der Waals surface area (Å²) in [5, 5.41) is 0. The molecule has 0 aliphatic rings. The third kappa shape index (κ3) is 6.81. The van der Waals surface area contributed by atoms with Crippen molar-refractivity contribution in [2.24, 2.45) is 0 Å². The molecule has 0 fully saturated rings. The summed E-state index contributed by atoms with van der Waals surface area (Å²) in [5.41, 5.74) is 0. The van der Waals surface area contributed by atoms with Gasteiger partial charge in [-0.2, -0.15) is 0 Å². The summed E-state index contributed by atoms with van der Waals surface area (Å²) >= 11 is -1.04. The van der Waals surface area contributed by atoms with E-state index in [2.05, 4.69) is 34.6 Å².